The lowest BCUT2D eigenvalue weighted by molar-refractivity contribution is 0.281. The van der Waals surface area contributed by atoms with Gasteiger partial charge in [-0.25, -0.2) is 0 Å². The maximum Gasteiger partial charge on any atom is 0.122 e. The molecule has 0 heterocycles. The fraction of sp³-hybridized carbons (Fsp3) is 0.368. The normalized spacial score (nSPS) is 12.2. The highest BCUT2D eigenvalue weighted by Gasteiger charge is 2.06. The number of nitrogens with one attached hydrogen (secondary N) is 1. The van der Waals surface area contributed by atoms with E-state index in [-0.39, 0.29) is 12.6 Å². The van der Waals surface area contributed by atoms with Gasteiger partial charge >= 0.3 is 0 Å². The second kappa shape index (κ2) is 7.97. The van der Waals surface area contributed by atoms with Crippen LogP contribution < -0.4 is 10.1 Å². The minimum Gasteiger partial charge on any atom is -0.494 e. The molecule has 22 heavy (non-hydrogen) atoms. The highest BCUT2D eigenvalue weighted by Crippen LogP contribution is 2.20. The Balaban J connectivity index is 1.98. The predicted molar refractivity (Wildman–Crippen MR) is 90.0 cm³/mol. The summed E-state index contributed by atoms with van der Waals surface area (Å²) in [4.78, 5) is 0. The van der Waals surface area contributed by atoms with E-state index in [1.807, 2.05) is 31.2 Å². The monoisotopic (exact) mass is 299 g/mol. The summed E-state index contributed by atoms with van der Waals surface area (Å²) in [7, 11) is 0. The predicted octanol–water partition coefficient (Wildman–Crippen LogP) is 3.74. The third kappa shape index (κ3) is 4.33. The van der Waals surface area contributed by atoms with Crippen molar-refractivity contribution in [3.8, 4) is 5.75 Å². The zero-order valence-electron chi connectivity index (χ0n) is 13.6. The Bertz CT molecular complexity index is 610. The number of aliphatic hydroxyl groups excluding tert-OH is 1. The van der Waals surface area contributed by atoms with Gasteiger partial charge in [0, 0.05) is 12.6 Å². The maximum absolute atomic E-state index is 9.22. The Morgan fingerprint density at radius 1 is 1.14 bits per heavy atom. The minimum atomic E-state index is 0.0820. The molecular formula is C19H25NO2. The molecule has 0 fully saturated rings. The van der Waals surface area contributed by atoms with E-state index in [1.165, 1.54) is 11.1 Å². The van der Waals surface area contributed by atoms with E-state index in [0.29, 0.717) is 6.61 Å². The summed E-state index contributed by atoms with van der Waals surface area (Å²) in [5.74, 6) is 0.954. The van der Waals surface area contributed by atoms with Crippen LogP contribution in [0, 0.1) is 6.92 Å². The Hall–Kier alpha value is -1.84. The first kappa shape index (κ1) is 16.5. The van der Waals surface area contributed by atoms with Gasteiger partial charge in [0.15, 0.2) is 0 Å². The third-order valence-corrected chi connectivity index (χ3v) is 3.79. The lowest BCUT2D eigenvalue weighted by Crippen LogP contribution is -2.18. The van der Waals surface area contributed by atoms with Gasteiger partial charge in [0.1, 0.15) is 5.75 Å². The fourth-order valence-corrected chi connectivity index (χ4v) is 2.49. The van der Waals surface area contributed by atoms with E-state index in [0.717, 1.165) is 23.4 Å². The molecule has 0 aliphatic rings. The number of ether oxygens (including phenoxy) is 1. The number of aryl methyl sites for hydroxylation is 1. The van der Waals surface area contributed by atoms with Crippen LogP contribution >= 0.6 is 0 Å². The molecule has 3 nitrogen and oxygen atoms in total. The summed E-state index contributed by atoms with van der Waals surface area (Å²) in [6.45, 7) is 7.78. The van der Waals surface area contributed by atoms with Crippen LogP contribution in [-0.4, -0.2) is 11.7 Å². The van der Waals surface area contributed by atoms with Crippen LogP contribution in [0.3, 0.4) is 0 Å². The van der Waals surface area contributed by atoms with E-state index in [4.69, 9.17) is 4.74 Å². The summed E-state index contributed by atoms with van der Waals surface area (Å²) in [5, 5.41) is 12.7. The highest BCUT2D eigenvalue weighted by molar-refractivity contribution is 5.36. The lowest BCUT2D eigenvalue weighted by Gasteiger charge is -2.16. The van der Waals surface area contributed by atoms with Crippen molar-refractivity contribution >= 4 is 0 Å². The summed E-state index contributed by atoms with van der Waals surface area (Å²) in [5.41, 5.74) is 4.54. The summed E-state index contributed by atoms with van der Waals surface area (Å²) >= 11 is 0. The van der Waals surface area contributed by atoms with Crippen LogP contribution in [0.2, 0.25) is 0 Å². The van der Waals surface area contributed by atoms with E-state index in [9.17, 15) is 5.11 Å². The van der Waals surface area contributed by atoms with Crippen LogP contribution in [0.15, 0.2) is 42.5 Å². The van der Waals surface area contributed by atoms with Crippen LogP contribution in [0.1, 0.15) is 42.1 Å². The van der Waals surface area contributed by atoms with Crippen molar-refractivity contribution in [1.82, 2.24) is 5.32 Å². The van der Waals surface area contributed by atoms with Crippen molar-refractivity contribution in [2.24, 2.45) is 0 Å². The van der Waals surface area contributed by atoms with Crippen LogP contribution in [0.25, 0.3) is 0 Å². The molecule has 0 aliphatic heterocycles. The second-order valence-corrected chi connectivity index (χ2v) is 5.54. The van der Waals surface area contributed by atoms with E-state index in [2.05, 4.69) is 37.4 Å². The Morgan fingerprint density at radius 3 is 2.64 bits per heavy atom. The SMILES string of the molecule is CCOc1ccc(CNC(C)c2cccc(CO)c2)cc1C. The topological polar surface area (TPSA) is 41.5 Å². The lowest BCUT2D eigenvalue weighted by atomic mass is 10.0. The molecule has 2 N–H and O–H groups in total. The number of hydrogen-bond acceptors (Lipinski definition) is 3. The Morgan fingerprint density at radius 2 is 1.95 bits per heavy atom. The fourth-order valence-electron chi connectivity index (χ4n) is 2.49. The highest BCUT2D eigenvalue weighted by atomic mass is 16.5. The Kier molecular flexibility index (Phi) is 5.99. The van der Waals surface area contributed by atoms with E-state index < -0.39 is 0 Å². The summed E-state index contributed by atoms with van der Waals surface area (Å²) in [6.07, 6.45) is 0. The molecule has 0 aliphatic carbocycles. The van der Waals surface area contributed by atoms with Gasteiger partial charge < -0.3 is 15.2 Å². The van der Waals surface area contributed by atoms with E-state index >= 15 is 0 Å². The largest absolute Gasteiger partial charge is 0.494 e. The molecule has 0 amide bonds. The summed E-state index contributed by atoms with van der Waals surface area (Å²) in [6, 6.07) is 14.6. The molecule has 0 bridgehead atoms. The molecule has 2 aromatic rings. The van der Waals surface area contributed by atoms with Gasteiger partial charge in [0.25, 0.3) is 0 Å². The standard InChI is InChI=1S/C19H25NO2/c1-4-22-19-9-8-16(10-14(19)2)12-20-15(3)18-7-5-6-17(11-18)13-21/h5-11,15,20-21H,4,12-13H2,1-3H3. The molecule has 0 saturated heterocycles. The van der Waals surface area contributed by atoms with Gasteiger partial charge in [-0.3, -0.25) is 0 Å². The smallest absolute Gasteiger partial charge is 0.122 e. The van der Waals surface area contributed by atoms with Gasteiger partial charge in [0.2, 0.25) is 0 Å². The first-order chi connectivity index (χ1) is 10.6. The molecule has 0 spiro atoms. The third-order valence-electron chi connectivity index (χ3n) is 3.79. The molecule has 3 heteroatoms. The van der Waals surface area contributed by atoms with Crippen molar-refractivity contribution < 1.29 is 9.84 Å². The van der Waals surface area contributed by atoms with Gasteiger partial charge in [-0.05, 0) is 49.1 Å². The number of hydrogen-bond donors (Lipinski definition) is 2. The quantitative estimate of drug-likeness (QED) is 0.818. The van der Waals surface area contributed by atoms with Crippen molar-refractivity contribution in [2.45, 2.75) is 40.0 Å². The molecular weight excluding hydrogens is 274 g/mol. The van der Waals surface area contributed by atoms with Gasteiger partial charge in [0.05, 0.1) is 13.2 Å². The first-order valence-electron chi connectivity index (χ1n) is 7.79. The number of rotatable bonds is 7. The van der Waals surface area contributed by atoms with Crippen LogP contribution in [0.4, 0.5) is 0 Å². The molecule has 1 unspecified atom stereocenters. The zero-order chi connectivity index (χ0) is 15.9. The van der Waals surface area contributed by atoms with Crippen molar-refractivity contribution in [1.29, 1.82) is 0 Å². The minimum absolute atomic E-state index is 0.0820. The van der Waals surface area contributed by atoms with Crippen LogP contribution in [0.5, 0.6) is 5.75 Å². The second-order valence-electron chi connectivity index (χ2n) is 5.54. The average Bonchev–Trinajstić information content (AvgIpc) is 2.55. The van der Waals surface area contributed by atoms with Gasteiger partial charge in [-0.15, -0.1) is 0 Å². The molecule has 2 rings (SSSR count). The number of benzene rings is 2. The average molecular weight is 299 g/mol. The van der Waals surface area contributed by atoms with Gasteiger partial charge in [-0.1, -0.05) is 36.4 Å². The molecule has 0 saturated carbocycles. The van der Waals surface area contributed by atoms with Crippen LogP contribution in [-0.2, 0) is 13.2 Å². The zero-order valence-corrected chi connectivity index (χ0v) is 13.6. The maximum atomic E-state index is 9.22. The van der Waals surface area contributed by atoms with Gasteiger partial charge in [-0.2, -0.15) is 0 Å². The van der Waals surface area contributed by atoms with E-state index in [1.54, 1.807) is 0 Å². The summed E-state index contributed by atoms with van der Waals surface area (Å²) < 4.78 is 5.57. The molecule has 118 valence electrons. The molecule has 2 aromatic carbocycles. The van der Waals surface area contributed by atoms with Crippen molar-refractivity contribution in [3.05, 3.63) is 64.7 Å². The molecule has 0 aromatic heterocycles. The first-order valence-corrected chi connectivity index (χ1v) is 7.79. The van der Waals surface area contributed by atoms with Crippen molar-refractivity contribution in [2.75, 3.05) is 6.61 Å². The Labute approximate surface area is 133 Å². The number of aliphatic hydroxyl groups is 1. The molecule has 0 radical (unpaired) electrons. The molecule has 1 atom stereocenters. The van der Waals surface area contributed by atoms with Crippen molar-refractivity contribution in [3.63, 3.8) is 0 Å².